The molecule has 3 rings (SSSR count). The van der Waals surface area contributed by atoms with Crippen molar-refractivity contribution in [3.05, 3.63) is 70.1 Å². The normalized spacial score (nSPS) is 10.6. The summed E-state index contributed by atoms with van der Waals surface area (Å²) in [5, 5.41) is 12.5. The molecule has 0 radical (unpaired) electrons. The van der Waals surface area contributed by atoms with Crippen LogP contribution in [0.4, 0.5) is 5.69 Å². The molecule has 1 aromatic carbocycles. The molecule has 22 heavy (non-hydrogen) atoms. The van der Waals surface area contributed by atoms with Crippen LogP contribution < -0.4 is 10.9 Å². The lowest BCUT2D eigenvalue weighted by Gasteiger charge is -2.08. The second kappa shape index (κ2) is 5.33. The summed E-state index contributed by atoms with van der Waals surface area (Å²) in [5.41, 5.74) is 0.856. The molecule has 2 N–H and O–H groups in total. The summed E-state index contributed by atoms with van der Waals surface area (Å²) in [5.74, 6) is -1.28. The molecule has 0 atom stereocenters. The molecular weight excluding hydrogens is 282 g/mol. The molecule has 0 fully saturated rings. The zero-order valence-electron chi connectivity index (χ0n) is 11.8. The van der Waals surface area contributed by atoms with Crippen LogP contribution in [0.15, 0.2) is 53.5 Å². The van der Waals surface area contributed by atoms with Gasteiger partial charge in [-0.1, -0.05) is 23.8 Å². The zero-order valence-corrected chi connectivity index (χ0v) is 11.8. The van der Waals surface area contributed by atoms with E-state index in [0.29, 0.717) is 5.69 Å². The van der Waals surface area contributed by atoms with Crippen LogP contribution in [0, 0.1) is 6.92 Å². The molecule has 0 bridgehead atoms. The van der Waals surface area contributed by atoms with Gasteiger partial charge in [-0.05, 0) is 31.2 Å². The van der Waals surface area contributed by atoms with E-state index in [0.717, 1.165) is 5.56 Å². The van der Waals surface area contributed by atoms with Crippen LogP contribution in [-0.4, -0.2) is 20.4 Å². The Kier molecular flexibility index (Phi) is 3.34. The van der Waals surface area contributed by atoms with Gasteiger partial charge < -0.3 is 10.4 Å². The molecule has 110 valence electrons. The molecule has 0 aliphatic rings. The standard InChI is InChI=1S/C16H13N3O3/c1-10-5-7-11(8-6-10)17-14(20)13-15(21)18-12-4-2-3-9-19(12)16(13)22/h2-9,21H,1H3,(H,17,20). The molecule has 0 spiro atoms. The Morgan fingerprint density at radius 2 is 1.91 bits per heavy atom. The van der Waals surface area contributed by atoms with Crippen molar-refractivity contribution in [2.24, 2.45) is 0 Å². The Bertz CT molecular complexity index is 914. The number of hydrogen-bond donors (Lipinski definition) is 2. The van der Waals surface area contributed by atoms with E-state index in [1.54, 1.807) is 30.3 Å². The Labute approximate surface area is 125 Å². The monoisotopic (exact) mass is 295 g/mol. The predicted molar refractivity (Wildman–Crippen MR) is 82.3 cm³/mol. The first-order valence-electron chi connectivity index (χ1n) is 6.64. The maximum absolute atomic E-state index is 12.3. The first-order valence-corrected chi connectivity index (χ1v) is 6.64. The highest BCUT2D eigenvalue weighted by atomic mass is 16.3. The summed E-state index contributed by atoms with van der Waals surface area (Å²) in [6, 6.07) is 12.0. The fraction of sp³-hybridized carbons (Fsp3) is 0.0625. The van der Waals surface area contributed by atoms with Crippen LogP contribution >= 0.6 is 0 Å². The molecule has 6 nitrogen and oxygen atoms in total. The van der Waals surface area contributed by atoms with Gasteiger partial charge in [0.2, 0.25) is 5.88 Å². The average molecular weight is 295 g/mol. The van der Waals surface area contributed by atoms with Crippen molar-refractivity contribution in [3.8, 4) is 5.88 Å². The minimum absolute atomic E-state index is 0.275. The van der Waals surface area contributed by atoms with Gasteiger partial charge in [0.1, 0.15) is 5.65 Å². The van der Waals surface area contributed by atoms with Crippen LogP contribution in [0.5, 0.6) is 5.88 Å². The third-order valence-electron chi connectivity index (χ3n) is 3.25. The highest BCUT2D eigenvalue weighted by Crippen LogP contribution is 2.14. The van der Waals surface area contributed by atoms with Gasteiger partial charge in [0, 0.05) is 11.9 Å². The fourth-order valence-electron chi connectivity index (χ4n) is 2.11. The average Bonchev–Trinajstić information content (AvgIpc) is 2.49. The maximum Gasteiger partial charge on any atom is 0.274 e. The lowest BCUT2D eigenvalue weighted by Crippen LogP contribution is -2.27. The summed E-state index contributed by atoms with van der Waals surface area (Å²) in [4.78, 5) is 28.5. The van der Waals surface area contributed by atoms with Crippen molar-refractivity contribution in [2.45, 2.75) is 6.92 Å². The van der Waals surface area contributed by atoms with E-state index in [4.69, 9.17) is 0 Å². The number of amides is 1. The molecule has 0 aliphatic heterocycles. The number of pyridine rings is 1. The van der Waals surface area contributed by atoms with Crippen molar-refractivity contribution in [2.75, 3.05) is 5.32 Å². The molecule has 0 aliphatic carbocycles. The van der Waals surface area contributed by atoms with E-state index in [1.165, 1.54) is 10.6 Å². The largest absolute Gasteiger partial charge is 0.493 e. The third kappa shape index (κ3) is 2.42. The van der Waals surface area contributed by atoms with Crippen LogP contribution in [0.3, 0.4) is 0 Å². The number of carbonyl (C=O) groups is 1. The Balaban J connectivity index is 2.04. The number of carbonyl (C=O) groups excluding carboxylic acids is 1. The van der Waals surface area contributed by atoms with Gasteiger partial charge in [0.25, 0.3) is 11.5 Å². The number of aromatic nitrogens is 2. The minimum atomic E-state index is -0.697. The van der Waals surface area contributed by atoms with E-state index < -0.39 is 17.3 Å². The molecule has 0 saturated carbocycles. The Hall–Kier alpha value is -3.15. The lowest BCUT2D eigenvalue weighted by molar-refractivity contribution is 0.102. The minimum Gasteiger partial charge on any atom is -0.493 e. The van der Waals surface area contributed by atoms with E-state index in [-0.39, 0.29) is 11.2 Å². The first kappa shape index (κ1) is 13.8. The second-order valence-corrected chi connectivity index (χ2v) is 4.86. The van der Waals surface area contributed by atoms with E-state index >= 15 is 0 Å². The summed E-state index contributed by atoms with van der Waals surface area (Å²) in [6.07, 6.45) is 1.49. The van der Waals surface area contributed by atoms with Gasteiger partial charge in [0.15, 0.2) is 5.56 Å². The zero-order chi connectivity index (χ0) is 15.7. The molecule has 0 saturated heterocycles. The van der Waals surface area contributed by atoms with Gasteiger partial charge in [-0.15, -0.1) is 0 Å². The van der Waals surface area contributed by atoms with Crippen molar-refractivity contribution in [3.63, 3.8) is 0 Å². The van der Waals surface area contributed by atoms with Crippen LogP contribution in [0.2, 0.25) is 0 Å². The lowest BCUT2D eigenvalue weighted by atomic mass is 10.2. The second-order valence-electron chi connectivity index (χ2n) is 4.86. The van der Waals surface area contributed by atoms with Gasteiger partial charge in [-0.2, -0.15) is 4.98 Å². The molecule has 2 heterocycles. The van der Waals surface area contributed by atoms with Crippen molar-refractivity contribution < 1.29 is 9.90 Å². The van der Waals surface area contributed by atoms with Gasteiger partial charge >= 0.3 is 0 Å². The quantitative estimate of drug-likeness (QED) is 0.757. The van der Waals surface area contributed by atoms with Crippen LogP contribution in [-0.2, 0) is 0 Å². The Morgan fingerprint density at radius 3 is 2.64 bits per heavy atom. The smallest absolute Gasteiger partial charge is 0.274 e. The molecule has 1 amide bonds. The maximum atomic E-state index is 12.3. The highest BCUT2D eigenvalue weighted by Gasteiger charge is 2.19. The number of aromatic hydroxyl groups is 1. The van der Waals surface area contributed by atoms with Crippen molar-refractivity contribution in [1.82, 2.24) is 9.38 Å². The SMILES string of the molecule is Cc1ccc(NC(=O)c2c(O)nc3ccccn3c2=O)cc1. The first-order chi connectivity index (χ1) is 10.6. The van der Waals surface area contributed by atoms with Gasteiger partial charge in [-0.3, -0.25) is 14.0 Å². The topological polar surface area (TPSA) is 83.7 Å². The van der Waals surface area contributed by atoms with Gasteiger partial charge in [-0.25, -0.2) is 0 Å². The number of fused-ring (bicyclic) bond motifs is 1. The number of hydrogen-bond acceptors (Lipinski definition) is 4. The van der Waals surface area contributed by atoms with Crippen molar-refractivity contribution in [1.29, 1.82) is 0 Å². The van der Waals surface area contributed by atoms with E-state index in [2.05, 4.69) is 10.3 Å². The van der Waals surface area contributed by atoms with E-state index in [1.807, 2.05) is 19.1 Å². The molecule has 6 heteroatoms. The third-order valence-corrected chi connectivity index (χ3v) is 3.25. The fourth-order valence-corrected chi connectivity index (χ4v) is 2.11. The number of aryl methyl sites for hydroxylation is 1. The highest BCUT2D eigenvalue weighted by molar-refractivity contribution is 6.05. The number of nitrogens with zero attached hydrogens (tertiary/aromatic N) is 2. The molecule has 3 aromatic rings. The summed E-state index contributed by atoms with van der Waals surface area (Å²) < 4.78 is 1.21. The Morgan fingerprint density at radius 1 is 1.18 bits per heavy atom. The van der Waals surface area contributed by atoms with Crippen LogP contribution in [0.1, 0.15) is 15.9 Å². The molecule has 2 aromatic heterocycles. The summed E-state index contributed by atoms with van der Waals surface area (Å²) >= 11 is 0. The summed E-state index contributed by atoms with van der Waals surface area (Å²) in [7, 11) is 0. The van der Waals surface area contributed by atoms with E-state index in [9.17, 15) is 14.7 Å². The number of anilines is 1. The molecule has 0 unspecified atom stereocenters. The predicted octanol–water partition coefficient (Wildman–Crippen LogP) is 1.96. The van der Waals surface area contributed by atoms with Crippen LogP contribution in [0.25, 0.3) is 5.65 Å². The van der Waals surface area contributed by atoms with Crippen molar-refractivity contribution >= 4 is 17.2 Å². The van der Waals surface area contributed by atoms with Gasteiger partial charge in [0.05, 0.1) is 0 Å². The number of nitrogens with one attached hydrogen (secondary N) is 1. The number of benzene rings is 1. The summed E-state index contributed by atoms with van der Waals surface area (Å²) in [6.45, 7) is 1.93. The molecular formula is C16H13N3O3. The number of rotatable bonds is 2.